The van der Waals surface area contributed by atoms with E-state index in [1.54, 1.807) is 18.5 Å². The molecule has 1 heterocycles. The molecular weight excluding hydrogens is 212 g/mol. The van der Waals surface area contributed by atoms with Crippen molar-refractivity contribution in [3.8, 4) is 0 Å². The second-order valence-electron chi connectivity index (χ2n) is 4.26. The van der Waals surface area contributed by atoms with Gasteiger partial charge in [0.15, 0.2) is 5.82 Å². The Labute approximate surface area is 101 Å². The van der Waals surface area contributed by atoms with Crippen molar-refractivity contribution in [2.45, 2.75) is 26.4 Å². The molecule has 1 atom stereocenters. The Morgan fingerprint density at radius 2 is 1.88 bits per heavy atom. The molecule has 0 bridgehead atoms. The lowest BCUT2D eigenvalue weighted by molar-refractivity contribution is 0.168. The fraction of sp³-hybridized carbons (Fsp3) is 0.286. The Balaban J connectivity index is 2.18. The van der Waals surface area contributed by atoms with E-state index in [1.165, 1.54) is 11.1 Å². The standard InChI is InChI=1S/C14H16N2O/c1-10-4-5-11(2)12(8-10)9-13(17)14-15-6-3-7-16-14/h3-8,13,17H,9H2,1-2H3. The number of aliphatic hydroxyl groups is 1. The van der Waals surface area contributed by atoms with Gasteiger partial charge >= 0.3 is 0 Å². The molecule has 17 heavy (non-hydrogen) atoms. The van der Waals surface area contributed by atoms with Gasteiger partial charge in [0, 0.05) is 18.8 Å². The van der Waals surface area contributed by atoms with Crippen LogP contribution in [0.2, 0.25) is 0 Å². The number of hydrogen-bond acceptors (Lipinski definition) is 3. The van der Waals surface area contributed by atoms with Crippen LogP contribution in [0.25, 0.3) is 0 Å². The van der Waals surface area contributed by atoms with Crippen LogP contribution in [0.15, 0.2) is 36.7 Å². The molecule has 88 valence electrons. The van der Waals surface area contributed by atoms with Gasteiger partial charge in [0.05, 0.1) is 0 Å². The normalized spacial score (nSPS) is 12.4. The third-order valence-electron chi connectivity index (χ3n) is 2.80. The lowest BCUT2D eigenvalue weighted by Crippen LogP contribution is -2.07. The second kappa shape index (κ2) is 5.06. The van der Waals surface area contributed by atoms with Gasteiger partial charge in [-0.1, -0.05) is 23.8 Å². The van der Waals surface area contributed by atoms with Crippen LogP contribution in [-0.4, -0.2) is 15.1 Å². The summed E-state index contributed by atoms with van der Waals surface area (Å²) in [5, 5.41) is 10.1. The highest BCUT2D eigenvalue weighted by atomic mass is 16.3. The molecule has 0 radical (unpaired) electrons. The molecule has 3 nitrogen and oxygen atoms in total. The van der Waals surface area contributed by atoms with Gasteiger partial charge in [-0.3, -0.25) is 0 Å². The third kappa shape index (κ3) is 2.88. The molecule has 0 spiro atoms. The molecule has 0 aliphatic heterocycles. The first-order valence-corrected chi connectivity index (χ1v) is 5.68. The molecule has 0 fully saturated rings. The van der Waals surface area contributed by atoms with Crippen LogP contribution in [0, 0.1) is 13.8 Å². The molecule has 1 N–H and O–H groups in total. The van der Waals surface area contributed by atoms with Crippen molar-refractivity contribution in [2.75, 3.05) is 0 Å². The Bertz CT molecular complexity index is 497. The van der Waals surface area contributed by atoms with E-state index in [1.807, 2.05) is 13.8 Å². The average Bonchev–Trinajstić information content (AvgIpc) is 2.35. The van der Waals surface area contributed by atoms with Gasteiger partial charge in [0.1, 0.15) is 6.10 Å². The summed E-state index contributed by atoms with van der Waals surface area (Å²) < 4.78 is 0. The van der Waals surface area contributed by atoms with Gasteiger partial charge in [0.2, 0.25) is 0 Å². The lowest BCUT2D eigenvalue weighted by atomic mass is 10.00. The highest BCUT2D eigenvalue weighted by molar-refractivity contribution is 5.31. The molecule has 1 aromatic carbocycles. The number of nitrogens with zero attached hydrogens (tertiary/aromatic N) is 2. The topological polar surface area (TPSA) is 46.0 Å². The molecule has 2 rings (SSSR count). The van der Waals surface area contributed by atoms with E-state index >= 15 is 0 Å². The highest BCUT2D eigenvalue weighted by Crippen LogP contribution is 2.18. The number of aryl methyl sites for hydroxylation is 2. The predicted octanol–water partition coefficient (Wildman–Crippen LogP) is 2.37. The minimum absolute atomic E-state index is 0.480. The Hall–Kier alpha value is -1.74. The van der Waals surface area contributed by atoms with Gasteiger partial charge in [-0.15, -0.1) is 0 Å². The molecule has 0 aliphatic carbocycles. The molecular formula is C14H16N2O. The Morgan fingerprint density at radius 3 is 2.59 bits per heavy atom. The minimum atomic E-state index is -0.642. The summed E-state index contributed by atoms with van der Waals surface area (Å²) in [5.41, 5.74) is 3.53. The van der Waals surface area contributed by atoms with Gasteiger partial charge in [-0.25, -0.2) is 9.97 Å². The molecule has 0 saturated heterocycles. The van der Waals surface area contributed by atoms with E-state index in [9.17, 15) is 5.11 Å². The average molecular weight is 228 g/mol. The monoisotopic (exact) mass is 228 g/mol. The van der Waals surface area contributed by atoms with Gasteiger partial charge in [-0.05, 0) is 31.0 Å². The second-order valence-corrected chi connectivity index (χ2v) is 4.26. The van der Waals surface area contributed by atoms with Crippen LogP contribution in [0.5, 0.6) is 0 Å². The van der Waals surface area contributed by atoms with Crippen molar-refractivity contribution in [3.63, 3.8) is 0 Å². The van der Waals surface area contributed by atoms with E-state index in [-0.39, 0.29) is 0 Å². The maximum Gasteiger partial charge on any atom is 0.157 e. The van der Waals surface area contributed by atoms with Crippen LogP contribution in [0.1, 0.15) is 28.6 Å². The van der Waals surface area contributed by atoms with Gasteiger partial charge < -0.3 is 5.11 Å². The van der Waals surface area contributed by atoms with Crippen molar-refractivity contribution in [1.82, 2.24) is 9.97 Å². The number of aromatic nitrogens is 2. The van der Waals surface area contributed by atoms with E-state index in [0.29, 0.717) is 12.2 Å². The van der Waals surface area contributed by atoms with Crippen LogP contribution < -0.4 is 0 Å². The van der Waals surface area contributed by atoms with Crippen LogP contribution in [0.3, 0.4) is 0 Å². The SMILES string of the molecule is Cc1ccc(C)c(CC(O)c2ncccn2)c1. The first-order valence-electron chi connectivity index (χ1n) is 5.68. The predicted molar refractivity (Wildman–Crippen MR) is 66.6 cm³/mol. The van der Waals surface area contributed by atoms with Crippen molar-refractivity contribution >= 4 is 0 Å². The maximum atomic E-state index is 10.1. The Kier molecular flexibility index (Phi) is 3.49. The zero-order chi connectivity index (χ0) is 12.3. The summed E-state index contributed by atoms with van der Waals surface area (Å²) >= 11 is 0. The van der Waals surface area contributed by atoms with E-state index in [2.05, 4.69) is 28.2 Å². The highest BCUT2D eigenvalue weighted by Gasteiger charge is 2.12. The number of aliphatic hydroxyl groups excluding tert-OH is 1. The van der Waals surface area contributed by atoms with Crippen LogP contribution >= 0.6 is 0 Å². The largest absolute Gasteiger partial charge is 0.385 e. The first-order chi connectivity index (χ1) is 8.16. The van der Waals surface area contributed by atoms with Gasteiger partial charge in [-0.2, -0.15) is 0 Å². The zero-order valence-corrected chi connectivity index (χ0v) is 10.1. The summed E-state index contributed by atoms with van der Waals surface area (Å²) in [6, 6.07) is 7.99. The molecule has 0 aliphatic rings. The summed E-state index contributed by atoms with van der Waals surface area (Å²) in [6.07, 6.45) is 3.21. The molecule has 0 amide bonds. The van der Waals surface area contributed by atoms with Crippen molar-refractivity contribution in [1.29, 1.82) is 0 Å². The summed E-state index contributed by atoms with van der Waals surface area (Å²) in [6.45, 7) is 4.10. The zero-order valence-electron chi connectivity index (χ0n) is 10.1. The van der Waals surface area contributed by atoms with E-state index in [0.717, 1.165) is 5.56 Å². The first kappa shape index (κ1) is 11.7. The number of benzene rings is 1. The minimum Gasteiger partial charge on any atom is -0.385 e. The van der Waals surface area contributed by atoms with E-state index in [4.69, 9.17) is 0 Å². The molecule has 3 heteroatoms. The van der Waals surface area contributed by atoms with Crippen molar-refractivity contribution < 1.29 is 5.11 Å². The van der Waals surface area contributed by atoms with Crippen LogP contribution in [-0.2, 0) is 6.42 Å². The summed E-state index contributed by atoms with van der Waals surface area (Å²) in [5.74, 6) is 0.480. The number of hydrogen-bond donors (Lipinski definition) is 1. The van der Waals surface area contributed by atoms with Gasteiger partial charge in [0.25, 0.3) is 0 Å². The van der Waals surface area contributed by atoms with Crippen LogP contribution in [0.4, 0.5) is 0 Å². The van der Waals surface area contributed by atoms with E-state index < -0.39 is 6.10 Å². The Morgan fingerprint density at radius 1 is 1.18 bits per heavy atom. The third-order valence-corrected chi connectivity index (χ3v) is 2.80. The molecule has 2 aromatic rings. The van der Waals surface area contributed by atoms with Crippen molar-refractivity contribution in [3.05, 3.63) is 59.2 Å². The number of rotatable bonds is 3. The molecule has 1 aromatic heterocycles. The smallest absolute Gasteiger partial charge is 0.157 e. The molecule has 1 unspecified atom stereocenters. The maximum absolute atomic E-state index is 10.1. The molecule has 0 saturated carbocycles. The fourth-order valence-corrected chi connectivity index (χ4v) is 1.80. The lowest BCUT2D eigenvalue weighted by Gasteiger charge is -2.11. The van der Waals surface area contributed by atoms with Crippen molar-refractivity contribution in [2.24, 2.45) is 0 Å². The summed E-state index contributed by atoms with van der Waals surface area (Å²) in [7, 11) is 0. The summed E-state index contributed by atoms with van der Waals surface area (Å²) in [4.78, 5) is 8.13. The quantitative estimate of drug-likeness (QED) is 0.877. The fourth-order valence-electron chi connectivity index (χ4n) is 1.80.